The highest BCUT2D eigenvalue weighted by atomic mass is 16.3. The Kier molecular flexibility index (Phi) is 1.66. The topological polar surface area (TPSA) is 47.3 Å². The van der Waals surface area contributed by atoms with Gasteiger partial charge in [-0.1, -0.05) is 0 Å². The zero-order chi connectivity index (χ0) is 11.3. The highest BCUT2D eigenvalue weighted by Gasteiger charge is 2.22. The first-order valence-corrected chi connectivity index (χ1v) is 4.97. The van der Waals surface area contributed by atoms with Gasteiger partial charge in [-0.2, -0.15) is 0 Å². The lowest BCUT2D eigenvalue weighted by atomic mass is 9.92. The van der Waals surface area contributed by atoms with Crippen molar-refractivity contribution in [1.82, 2.24) is 0 Å². The minimum atomic E-state index is -0.138. The molecule has 0 unspecified atom stereocenters. The van der Waals surface area contributed by atoms with E-state index in [0.717, 1.165) is 11.1 Å². The summed E-state index contributed by atoms with van der Waals surface area (Å²) in [6.07, 6.45) is 2.62. The molecule has 16 heavy (non-hydrogen) atoms. The fourth-order valence-corrected chi connectivity index (χ4v) is 2.03. The third-order valence-electron chi connectivity index (χ3n) is 2.72. The van der Waals surface area contributed by atoms with Crippen molar-refractivity contribution in [3.63, 3.8) is 0 Å². The number of furan rings is 1. The molecule has 0 saturated heterocycles. The predicted molar refractivity (Wildman–Crippen MR) is 58.8 cm³/mol. The van der Waals surface area contributed by atoms with Crippen LogP contribution >= 0.6 is 0 Å². The van der Waals surface area contributed by atoms with Crippen molar-refractivity contribution < 1.29 is 14.0 Å². The van der Waals surface area contributed by atoms with Crippen molar-refractivity contribution in [2.75, 3.05) is 0 Å². The third kappa shape index (κ3) is 1.08. The van der Waals surface area contributed by atoms with Crippen molar-refractivity contribution in [3.05, 3.63) is 47.2 Å². The summed E-state index contributed by atoms with van der Waals surface area (Å²) in [7, 11) is 0. The number of carbonyl (C=O) groups excluding carboxylic acids is 2. The van der Waals surface area contributed by atoms with Gasteiger partial charge in [0.05, 0.1) is 0 Å². The van der Waals surface area contributed by atoms with Crippen LogP contribution in [0.15, 0.2) is 34.8 Å². The van der Waals surface area contributed by atoms with E-state index in [9.17, 15) is 9.59 Å². The average Bonchev–Trinajstić information content (AvgIpc) is 2.63. The molecule has 0 bridgehead atoms. The van der Waals surface area contributed by atoms with Gasteiger partial charge in [-0.3, -0.25) is 9.59 Å². The normalized spacial score (nSPS) is 14.6. The first-order valence-electron chi connectivity index (χ1n) is 4.97. The van der Waals surface area contributed by atoms with Gasteiger partial charge in [-0.25, -0.2) is 0 Å². The number of hydrogen-bond donors (Lipinski definition) is 0. The zero-order valence-electron chi connectivity index (χ0n) is 8.61. The molecule has 78 valence electrons. The van der Waals surface area contributed by atoms with Crippen LogP contribution < -0.4 is 0 Å². The van der Waals surface area contributed by atoms with E-state index in [4.69, 9.17) is 4.42 Å². The minimum Gasteiger partial charge on any atom is -0.461 e. The summed E-state index contributed by atoms with van der Waals surface area (Å²) in [6.45, 7) is 1.82. The van der Waals surface area contributed by atoms with Crippen LogP contribution in [0, 0.1) is 6.92 Å². The molecule has 3 heteroatoms. The number of ketones is 2. The Morgan fingerprint density at radius 3 is 2.62 bits per heavy atom. The van der Waals surface area contributed by atoms with E-state index < -0.39 is 0 Å². The first kappa shape index (κ1) is 9.09. The number of hydrogen-bond acceptors (Lipinski definition) is 3. The number of carbonyl (C=O) groups is 2. The number of fused-ring (bicyclic) bond motifs is 3. The van der Waals surface area contributed by atoms with E-state index in [1.165, 1.54) is 12.2 Å². The Labute approximate surface area is 91.4 Å². The molecule has 1 aromatic carbocycles. The smallest absolute Gasteiger partial charge is 0.187 e. The second kappa shape index (κ2) is 2.92. The second-order valence-corrected chi connectivity index (χ2v) is 3.82. The van der Waals surface area contributed by atoms with Crippen molar-refractivity contribution in [3.8, 4) is 0 Å². The molecule has 0 fully saturated rings. The lowest BCUT2D eigenvalue weighted by Crippen LogP contribution is -2.11. The number of allylic oxidation sites excluding steroid dienone is 2. The summed E-state index contributed by atoms with van der Waals surface area (Å²) < 4.78 is 5.43. The summed E-state index contributed by atoms with van der Waals surface area (Å²) in [5.74, 6) is 0.467. The fraction of sp³-hybridized carbons (Fsp3) is 0.0769. The summed E-state index contributed by atoms with van der Waals surface area (Å²) in [5.41, 5.74) is 1.57. The average molecular weight is 212 g/mol. The highest BCUT2D eigenvalue weighted by molar-refractivity contribution is 6.26. The SMILES string of the molecule is Cc1cc2c3c(ccc2o1)C(=O)C=CC3=O. The molecule has 0 atom stereocenters. The van der Waals surface area contributed by atoms with Crippen LogP contribution in [0.4, 0.5) is 0 Å². The van der Waals surface area contributed by atoms with E-state index in [2.05, 4.69) is 0 Å². The quantitative estimate of drug-likeness (QED) is 0.674. The second-order valence-electron chi connectivity index (χ2n) is 3.82. The molecular formula is C13H8O3. The monoisotopic (exact) mass is 212 g/mol. The van der Waals surface area contributed by atoms with Gasteiger partial charge < -0.3 is 4.42 Å². The standard InChI is InChI=1S/C13H8O3/c1-7-6-9-12(16-7)5-2-8-10(14)3-4-11(15)13(8)9/h2-6H,1H3. The summed E-state index contributed by atoms with van der Waals surface area (Å²) in [5, 5.41) is 0.720. The first-order chi connectivity index (χ1) is 7.66. The molecule has 3 nitrogen and oxygen atoms in total. The number of aryl methyl sites for hydroxylation is 1. The molecule has 1 aliphatic rings. The van der Waals surface area contributed by atoms with Gasteiger partial charge in [0.25, 0.3) is 0 Å². The Morgan fingerprint density at radius 2 is 1.81 bits per heavy atom. The van der Waals surface area contributed by atoms with Crippen molar-refractivity contribution in [2.45, 2.75) is 6.92 Å². The van der Waals surface area contributed by atoms with Crippen molar-refractivity contribution in [2.24, 2.45) is 0 Å². The van der Waals surface area contributed by atoms with E-state index in [-0.39, 0.29) is 11.6 Å². The molecule has 0 amide bonds. The molecule has 3 rings (SSSR count). The molecule has 0 aliphatic heterocycles. The Bertz CT molecular complexity index is 659. The Hall–Kier alpha value is -2.16. The molecule has 2 aromatic rings. The molecule has 0 saturated carbocycles. The maximum absolute atomic E-state index is 11.8. The summed E-state index contributed by atoms with van der Waals surface area (Å²) in [6, 6.07) is 5.16. The molecular weight excluding hydrogens is 204 g/mol. The minimum absolute atomic E-state index is 0.129. The van der Waals surface area contributed by atoms with Crippen LogP contribution in [0.25, 0.3) is 11.0 Å². The lowest BCUT2D eigenvalue weighted by Gasteiger charge is -2.08. The largest absolute Gasteiger partial charge is 0.461 e. The van der Waals surface area contributed by atoms with Gasteiger partial charge >= 0.3 is 0 Å². The predicted octanol–water partition coefficient (Wildman–Crippen LogP) is 2.68. The van der Waals surface area contributed by atoms with Gasteiger partial charge in [0, 0.05) is 16.5 Å². The molecule has 1 aromatic heterocycles. The van der Waals surface area contributed by atoms with Crippen LogP contribution in [0.3, 0.4) is 0 Å². The summed E-state index contributed by atoms with van der Waals surface area (Å²) >= 11 is 0. The molecule has 0 N–H and O–H groups in total. The molecule has 0 radical (unpaired) electrons. The Morgan fingerprint density at radius 1 is 1.06 bits per heavy atom. The van der Waals surface area contributed by atoms with Gasteiger partial charge in [-0.15, -0.1) is 0 Å². The highest BCUT2D eigenvalue weighted by Crippen LogP contribution is 2.28. The maximum Gasteiger partial charge on any atom is 0.187 e. The van der Waals surface area contributed by atoms with Gasteiger partial charge in [-0.05, 0) is 37.3 Å². The van der Waals surface area contributed by atoms with Crippen LogP contribution in [0.5, 0.6) is 0 Å². The number of benzene rings is 1. The number of rotatable bonds is 0. The van der Waals surface area contributed by atoms with Crippen molar-refractivity contribution >= 4 is 22.5 Å². The summed E-state index contributed by atoms with van der Waals surface area (Å²) in [4.78, 5) is 23.4. The van der Waals surface area contributed by atoms with Gasteiger partial charge in [0.1, 0.15) is 11.3 Å². The lowest BCUT2D eigenvalue weighted by molar-refractivity contribution is 0.0995. The molecule has 1 heterocycles. The van der Waals surface area contributed by atoms with E-state index in [1.54, 1.807) is 18.2 Å². The third-order valence-corrected chi connectivity index (χ3v) is 2.72. The van der Waals surface area contributed by atoms with E-state index >= 15 is 0 Å². The van der Waals surface area contributed by atoms with Crippen LogP contribution in [0.2, 0.25) is 0 Å². The Balaban J connectivity index is 2.47. The van der Waals surface area contributed by atoms with Gasteiger partial charge in [0.15, 0.2) is 11.6 Å². The van der Waals surface area contributed by atoms with E-state index in [1.807, 2.05) is 6.92 Å². The molecule has 1 aliphatic carbocycles. The van der Waals surface area contributed by atoms with Crippen molar-refractivity contribution in [1.29, 1.82) is 0 Å². The van der Waals surface area contributed by atoms with Gasteiger partial charge in [0.2, 0.25) is 0 Å². The van der Waals surface area contributed by atoms with E-state index in [0.29, 0.717) is 16.7 Å². The fourth-order valence-electron chi connectivity index (χ4n) is 2.03. The molecule has 0 spiro atoms. The van der Waals surface area contributed by atoms with Crippen LogP contribution in [0.1, 0.15) is 26.5 Å². The van der Waals surface area contributed by atoms with Crippen LogP contribution in [-0.2, 0) is 0 Å². The zero-order valence-corrected chi connectivity index (χ0v) is 8.61. The van der Waals surface area contributed by atoms with Crippen LogP contribution in [-0.4, -0.2) is 11.6 Å². The maximum atomic E-state index is 11.8.